The molecule has 1 N–H and O–H groups in total. The van der Waals surface area contributed by atoms with E-state index in [1.54, 1.807) is 0 Å². The van der Waals surface area contributed by atoms with Crippen LogP contribution in [0.25, 0.3) is 0 Å². The zero-order valence-corrected chi connectivity index (χ0v) is 13.2. The summed E-state index contributed by atoms with van der Waals surface area (Å²) >= 11 is 0. The molecule has 0 aromatic rings. The Morgan fingerprint density at radius 2 is 2.17 bits per heavy atom. The monoisotopic (exact) mass is 263 g/mol. The van der Waals surface area contributed by atoms with Crippen molar-refractivity contribution >= 4 is 8.07 Å². The molecule has 1 fully saturated rings. The maximum Gasteiger partial charge on any atom is 0.129 e. The average molecular weight is 263 g/mol. The number of ether oxygens (including phenoxy) is 1. The molecule has 2 aliphatic heterocycles. The summed E-state index contributed by atoms with van der Waals surface area (Å²) < 4.78 is 6.25. The fourth-order valence-electron chi connectivity index (χ4n) is 2.81. The van der Waals surface area contributed by atoms with Gasteiger partial charge < -0.3 is 10.1 Å². The first kappa shape index (κ1) is 13.9. The molecular weight excluding hydrogens is 238 g/mol. The highest BCUT2D eigenvalue weighted by atomic mass is 28.3. The first-order valence-corrected chi connectivity index (χ1v) is 10.4. The van der Waals surface area contributed by atoms with Crippen molar-refractivity contribution in [3.63, 3.8) is 0 Å². The van der Waals surface area contributed by atoms with E-state index in [1.807, 2.05) is 7.05 Å². The van der Waals surface area contributed by atoms with Gasteiger partial charge in [-0.15, -0.1) is 11.5 Å². The van der Waals surface area contributed by atoms with Crippen LogP contribution in [0, 0.1) is 17.4 Å². The normalized spacial score (nSPS) is 38.4. The lowest BCUT2D eigenvalue weighted by molar-refractivity contribution is -0.104. The third kappa shape index (κ3) is 2.71. The second kappa shape index (κ2) is 4.84. The predicted molar refractivity (Wildman–Crippen MR) is 79.1 cm³/mol. The van der Waals surface area contributed by atoms with Crippen molar-refractivity contribution in [2.24, 2.45) is 5.92 Å². The maximum atomic E-state index is 6.25. The number of fused-ring (bicyclic) bond motifs is 2. The molecule has 0 aromatic carbocycles. The summed E-state index contributed by atoms with van der Waals surface area (Å²) in [6, 6.07) is 0.455. The second-order valence-electron chi connectivity index (χ2n) is 6.66. The minimum atomic E-state index is -1.27. The van der Waals surface area contributed by atoms with Gasteiger partial charge in [0.1, 0.15) is 13.7 Å². The predicted octanol–water partition coefficient (Wildman–Crippen LogP) is 2.58. The second-order valence-corrected chi connectivity index (χ2v) is 11.4. The molecule has 0 aromatic heterocycles. The van der Waals surface area contributed by atoms with Gasteiger partial charge >= 0.3 is 0 Å². The van der Waals surface area contributed by atoms with Crippen LogP contribution in [0.2, 0.25) is 19.6 Å². The molecule has 3 heteroatoms. The van der Waals surface area contributed by atoms with Gasteiger partial charge in [-0.3, -0.25) is 0 Å². The summed E-state index contributed by atoms with van der Waals surface area (Å²) in [4.78, 5) is 0. The first-order valence-electron chi connectivity index (χ1n) is 6.91. The Hall–Kier alpha value is -0.563. The van der Waals surface area contributed by atoms with Crippen LogP contribution in [-0.2, 0) is 4.74 Å². The molecule has 18 heavy (non-hydrogen) atoms. The Balaban J connectivity index is 2.09. The summed E-state index contributed by atoms with van der Waals surface area (Å²) in [6.45, 7) is 9.14. The van der Waals surface area contributed by atoms with Crippen LogP contribution >= 0.6 is 0 Å². The van der Waals surface area contributed by atoms with Crippen LogP contribution < -0.4 is 5.32 Å². The molecule has 1 saturated heterocycles. The molecule has 0 radical (unpaired) electrons. The highest BCUT2D eigenvalue weighted by molar-refractivity contribution is 6.83. The van der Waals surface area contributed by atoms with Gasteiger partial charge in [-0.05, 0) is 19.4 Å². The number of rotatable bonds is 2. The first-order chi connectivity index (χ1) is 8.36. The molecule has 2 aliphatic rings. The summed E-state index contributed by atoms with van der Waals surface area (Å²) in [5.41, 5.74) is 3.33. The van der Waals surface area contributed by atoms with E-state index in [0.29, 0.717) is 12.0 Å². The lowest BCUT2D eigenvalue weighted by Gasteiger charge is -2.42. The Morgan fingerprint density at radius 1 is 1.44 bits per heavy atom. The topological polar surface area (TPSA) is 21.3 Å². The van der Waals surface area contributed by atoms with Crippen molar-refractivity contribution in [3.05, 3.63) is 12.2 Å². The molecule has 0 saturated carbocycles. The zero-order valence-electron chi connectivity index (χ0n) is 12.2. The zero-order chi connectivity index (χ0) is 13.4. The van der Waals surface area contributed by atoms with Crippen LogP contribution in [-0.4, -0.2) is 32.9 Å². The van der Waals surface area contributed by atoms with Gasteiger partial charge in [0.2, 0.25) is 0 Å². The fourth-order valence-corrected chi connectivity index (χ4v) is 3.42. The minimum absolute atomic E-state index is 0.120. The number of hydrogen-bond acceptors (Lipinski definition) is 2. The van der Waals surface area contributed by atoms with E-state index in [4.69, 9.17) is 4.74 Å². The van der Waals surface area contributed by atoms with Gasteiger partial charge in [-0.1, -0.05) is 38.7 Å². The third-order valence-corrected chi connectivity index (χ3v) is 4.89. The average Bonchev–Trinajstić information content (AvgIpc) is 2.64. The van der Waals surface area contributed by atoms with Gasteiger partial charge in [-0.2, -0.15) is 0 Å². The maximum absolute atomic E-state index is 6.25. The quantitative estimate of drug-likeness (QED) is 0.470. The summed E-state index contributed by atoms with van der Waals surface area (Å²) in [6.07, 6.45) is 6.74. The molecule has 2 bridgehead atoms. The van der Waals surface area contributed by atoms with Gasteiger partial charge in [0.25, 0.3) is 0 Å². The third-order valence-electron chi connectivity index (χ3n) is 3.96. The van der Waals surface area contributed by atoms with Crippen molar-refractivity contribution in [2.75, 3.05) is 7.05 Å². The summed E-state index contributed by atoms with van der Waals surface area (Å²) in [7, 11) is 0.749. The van der Waals surface area contributed by atoms with E-state index in [2.05, 4.69) is 55.5 Å². The standard InChI is InChI=1S/C15H25NOSi/c1-12-11-13(16-2)14-7-9-15(12,17-14)8-6-10-18(3,4)5/h7,9,12-14,16H,8,11H2,1-5H3. The molecule has 0 spiro atoms. The fraction of sp³-hybridized carbons (Fsp3) is 0.733. The lowest BCUT2D eigenvalue weighted by atomic mass is 9.81. The van der Waals surface area contributed by atoms with Crippen molar-refractivity contribution in [2.45, 2.75) is 57.2 Å². The minimum Gasteiger partial charge on any atom is -0.361 e. The molecular formula is C15H25NOSi. The Morgan fingerprint density at radius 3 is 2.78 bits per heavy atom. The molecule has 0 aliphatic carbocycles. The molecule has 100 valence electrons. The van der Waals surface area contributed by atoms with Crippen molar-refractivity contribution < 1.29 is 4.74 Å². The van der Waals surface area contributed by atoms with Crippen molar-refractivity contribution in [1.82, 2.24) is 5.32 Å². The van der Waals surface area contributed by atoms with Crippen LogP contribution in [0.3, 0.4) is 0 Å². The van der Waals surface area contributed by atoms with E-state index in [9.17, 15) is 0 Å². The van der Waals surface area contributed by atoms with Crippen LogP contribution in [0.1, 0.15) is 19.8 Å². The van der Waals surface area contributed by atoms with Gasteiger partial charge in [-0.25, -0.2) is 0 Å². The number of hydrogen-bond donors (Lipinski definition) is 1. The lowest BCUT2D eigenvalue weighted by Crippen LogP contribution is -2.50. The highest BCUT2D eigenvalue weighted by Crippen LogP contribution is 2.42. The summed E-state index contributed by atoms with van der Waals surface area (Å²) in [5.74, 6) is 3.92. The molecule has 4 unspecified atom stereocenters. The van der Waals surface area contributed by atoms with Crippen LogP contribution in [0.4, 0.5) is 0 Å². The molecule has 0 amide bonds. The SMILES string of the molecule is CNC1CC(C)C2(CC#C[Si](C)(C)C)C=CC1O2. The Kier molecular flexibility index (Phi) is 3.73. The summed E-state index contributed by atoms with van der Waals surface area (Å²) in [5, 5.41) is 3.35. The van der Waals surface area contributed by atoms with E-state index in [-0.39, 0.29) is 11.7 Å². The van der Waals surface area contributed by atoms with Crippen molar-refractivity contribution in [1.29, 1.82) is 0 Å². The molecule has 4 atom stereocenters. The van der Waals surface area contributed by atoms with Crippen LogP contribution in [0.5, 0.6) is 0 Å². The van der Waals surface area contributed by atoms with Crippen molar-refractivity contribution in [3.8, 4) is 11.5 Å². The van der Waals surface area contributed by atoms with Gasteiger partial charge in [0.05, 0.1) is 6.10 Å². The Labute approximate surface area is 112 Å². The number of likely N-dealkylation sites (N-methyl/N-ethyl adjacent to an activating group) is 1. The van der Waals surface area contributed by atoms with Crippen LogP contribution in [0.15, 0.2) is 12.2 Å². The molecule has 2 nitrogen and oxygen atoms in total. The van der Waals surface area contributed by atoms with Gasteiger partial charge in [0.15, 0.2) is 0 Å². The van der Waals surface area contributed by atoms with E-state index >= 15 is 0 Å². The van der Waals surface area contributed by atoms with Gasteiger partial charge in [0, 0.05) is 12.5 Å². The highest BCUT2D eigenvalue weighted by Gasteiger charge is 2.47. The molecule has 2 rings (SSSR count). The molecule has 2 heterocycles. The van der Waals surface area contributed by atoms with E-state index < -0.39 is 8.07 Å². The number of nitrogens with one attached hydrogen (secondary N) is 1. The Bertz CT molecular complexity index is 401. The smallest absolute Gasteiger partial charge is 0.129 e. The van der Waals surface area contributed by atoms with E-state index in [1.165, 1.54) is 6.42 Å². The largest absolute Gasteiger partial charge is 0.361 e. The van der Waals surface area contributed by atoms with E-state index in [0.717, 1.165) is 6.42 Å².